The summed E-state index contributed by atoms with van der Waals surface area (Å²) < 4.78 is 0. The predicted molar refractivity (Wildman–Crippen MR) is 112 cm³/mol. The molecule has 6 heteroatoms. The number of benzene rings is 2. The number of hydrogen-bond acceptors (Lipinski definition) is 4. The average Bonchev–Trinajstić information content (AvgIpc) is 2.70. The number of nitrogens with one attached hydrogen (secondary N) is 2. The first-order valence-corrected chi connectivity index (χ1v) is 10.3. The van der Waals surface area contributed by atoms with Crippen molar-refractivity contribution in [3.63, 3.8) is 0 Å². The van der Waals surface area contributed by atoms with Crippen molar-refractivity contribution < 1.29 is 9.59 Å². The minimum absolute atomic E-state index is 0.0163. The zero-order chi connectivity index (χ0) is 19.1. The van der Waals surface area contributed by atoms with Crippen molar-refractivity contribution >= 4 is 35.0 Å². The maximum atomic E-state index is 12.4. The van der Waals surface area contributed by atoms with Crippen molar-refractivity contribution in [3.8, 4) is 0 Å². The van der Waals surface area contributed by atoms with E-state index in [1.165, 1.54) is 0 Å². The van der Waals surface area contributed by atoms with E-state index >= 15 is 0 Å². The third-order valence-corrected chi connectivity index (χ3v) is 5.67. The highest BCUT2D eigenvalue weighted by atomic mass is 32.2. The number of likely N-dealkylation sites (N-methyl/N-ethyl adjacent to an activating group) is 1. The molecule has 0 spiro atoms. The van der Waals surface area contributed by atoms with Gasteiger partial charge in [0.25, 0.3) is 0 Å². The third-order valence-electron chi connectivity index (χ3n) is 4.54. The zero-order valence-corrected chi connectivity index (χ0v) is 16.3. The second-order valence-corrected chi connectivity index (χ2v) is 7.79. The van der Waals surface area contributed by atoms with E-state index in [1.807, 2.05) is 66.4 Å². The van der Waals surface area contributed by atoms with Crippen LogP contribution < -0.4 is 15.5 Å². The first-order valence-electron chi connectivity index (χ1n) is 9.13. The van der Waals surface area contributed by atoms with Gasteiger partial charge in [-0.05, 0) is 29.8 Å². The first-order chi connectivity index (χ1) is 13.1. The number of carbonyl (C=O) groups excluding carboxylic acids is 2. The summed E-state index contributed by atoms with van der Waals surface area (Å²) in [6.07, 6.45) is 0.804. The van der Waals surface area contributed by atoms with Gasteiger partial charge in [0.1, 0.15) is 0 Å². The molecule has 2 amide bonds. The minimum atomic E-state index is 0.0163. The summed E-state index contributed by atoms with van der Waals surface area (Å²) in [5, 5.41) is 6.30. The topological polar surface area (TPSA) is 61.4 Å². The van der Waals surface area contributed by atoms with E-state index in [-0.39, 0.29) is 17.9 Å². The van der Waals surface area contributed by atoms with Gasteiger partial charge in [-0.3, -0.25) is 9.59 Å². The highest BCUT2D eigenvalue weighted by molar-refractivity contribution is 7.99. The Balaban J connectivity index is 1.50. The van der Waals surface area contributed by atoms with Crippen LogP contribution >= 0.6 is 11.8 Å². The fraction of sp³-hybridized carbons (Fsp3) is 0.333. The van der Waals surface area contributed by atoms with Crippen LogP contribution in [0.1, 0.15) is 12.0 Å². The van der Waals surface area contributed by atoms with Crippen molar-refractivity contribution in [2.45, 2.75) is 18.9 Å². The Kier molecular flexibility index (Phi) is 6.90. The summed E-state index contributed by atoms with van der Waals surface area (Å²) >= 11 is 1.88. The molecule has 0 aromatic heterocycles. The van der Waals surface area contributed by atoms with Gasteiger partial charge in [0.15, 0.2) is 0 Å². The van der Waals surface area contributed by atoms with E-state index in [1.54, 1.807) is 11.9 Å². The third kappa shape index (κ3) is 5.84. The van der Waals surface area contributed by atoms with E-state index in [2.05, 4.69) is 10.6 Å². The lowest BCUT2D eigenvalue weighted by Crippen LogP contribution is -2.39. The van der Waals surface area contributed by atoms with Gasteiger partial charge in [-0.1, -0.05) is 30.3 Å². The second kappa shape index (κ2) is 9.58. The number of rotatable bonds is 6. The van der Waals surface area contributed by atoms with Crippen molar-refractivity contribution in [1.82, 2.24) is 5.32 Å². The van der Waals surface area contributed by atoms with Crippen LogP contribution in [0.3, 0.4) is 0 Å². The Morgan fingerprint density at radius 2 is 1.89 bits per heavy atom. The van der Waals surface area contributed by atoms with Crippen LogP contribution in [0.5, 0.6) is 0 Å². The fourth-order valence-electron chi connectivity index (χ4n) is 2.98. The number of anilines is 2. The van der Waals surface area contributed by atoms with Crippen LogP contribution in [-0.4, -0.2) is 43.0 Å². The van der Waals surface area contributed by atoms with Crippen molar-refractivity contribution in [2.75, 3.05) is 35.3 Å². The molecule has 1 heterocycles. The molecule has 2 aromatic carbocycles. The molecule has 1 aliphatic heterocycles. The van der Waals surface area contributed by atoms with Crippen LogP contribution in [0.25, 0.3) is 0 Å². The molecule has 27 heavy (non-hydrogen) atoms. The minimum Gasteiger partial charge on any atom is -0.326 e. The average molecular weight is 384 g/mol. The van der Waals surface area contributed by atoms with Gasteiger partial charge in [0, 0.05) is 48.9 Å². The molecule has 0 bridgehead atoms. The molecule has 0 radical (unpaired) electrons. The summed E-state index contributed by atoms with van der Waals surface area (Å²) in [6, 6.07) is 17.3. The summed E-state index contributed by atoms with van der Waals surface area (Å²) in [7, 11) is 1.78. The summed E-state index contributed by atoms with van der Waals surface area (Å²) in [6.45, 7) is 0.961. The molecule has 1 aliphatic rings. The molecule has 1 saturated heterocycles. The maximum absolute atomic E-state index is 12.4. The number of carbonyl (C=O) groups is 2. The van der Waals surface area contributed by atoms with Crippen LogP contribution in [-0.2, 0) is 16.0 Å². The molecule has 142 valence electrons. The van der Waals surface area contributed by atoms with Gasteiger partial charge in [-0.2, -0.15) is 11.8 Å². The van der Waals surface area contributed by atoms with Crippen LogP contribution in [0, 0.1) is 0 Å². The molecular formula is C21H25N3O2S. The van der Waals surface area contributed by atoms with E-state index in [4.69, 9.17) is 0 Å². The van der Waals surface area contributed by atoms with Gasteiger partial charge >= 0.3 is 0 Å². The molecule has 1 atom stereocenters. The van der Waals surface area contributed by atoms with Gasteiger partial charge in [-0.15, -0.1) is 0 Å². The van der Waals surface area contributed by atoms with Crippen molar-refractivity contribution in [3.05, 3.63) is 60.2 Å². The molecule has 1 unspecified atom stereocenters. The second-order valence-electron chi connectivity index (χ2n) is 6.64. The molecule has 5 nitrogen and oxygen atoms in total. The maximum Gasteiger partial charge on any atom is 0.231 e. The largest absolute Gasteiger partial charge is 0.326 e. The van der Waals surface area contributed by atoms with E-state index in [0.717, 1.165) is 35.0 Å². The lowest BCUT2D eigenvalue weighted by molar-refractivity contribution is -0.118. The fourth-order valence-corrected chi connectivity index (χ4v) is 3.93. The van der Waals surface area contributed by atoms with Crippen LogP contribution in [0.15, 0.2) is 54.6 Å². The Labute approximate surface area is 164 Å². The molecular weight excluding hydrogens is 358 g/mol. The Bertz CT molecular complexity index is 759. The Morgan fingerprint density at radius 1 is 1.15 bits per heavy atom. The first kappa shape index (κ1) is 19.5. The molecule has 0 saturated carbocycles. The van der Waals surface area contributed by atoms with Gasteiger partial charge < -0.3 is 15.5 Å². The highest BCUT2D eigenvalue weighted by Gasteiger charge is 2.17. The van der Waals surface area contributed by atoms with Crippen LogP contribution in [0.2, 0.25) is 0 Å². The SMILES string of the molecule is CN(C(=O)Cc1ccc(NC(=O)CC2CSCCN2)cc1)c1ccccc1. The van der Waals surface area contributed by atoms with E-state index in [9.17, 15) is 9.59 Å². The summed E-state index contributed by atoms with van der Waals surface area (Å²) in [5.74, 6) is 2.13. The number of nitrogens with zero attached hydrogens (tertiary/aromatic N) is 1. The summed E-state index contributed by atoms with van der Waals surface area (Å²) in [5.41, 5.74) is 2.56. The zero-order valence-electron chi connectivity index (χ0n) is 15.5. The number of thioether (sulfide) groups is 1. The van der Waals surface area contributed by atoms with Gasteiger partial charge in [0.05, 0.1) is 6.42 Å². The smallest absolute Gasteiger partial charge is 0.231 e. The van der Waals surface area contributed by atoms with Gasteiger partial charge in [0.2, 0.25) is 11.8 Å². The number of amides is 2. The van der Waals surface area contributed by atoms with Crippen molar-refractivity contribution in [1.29, 1.82) is 0 Å². The molecule has 1 fully saturated rings. The van der Waals surface area contributed by atoms with Crippen molar-refractivity contribution in [2.24, 2.45) is 0 Å². The quantitative estimate of drug-likeness (QED) is 0.805. The number of hydrogen-bond donors (Lipinski definition) is 2. The lowest BCUT2D eigenvalue weighted by atomic mass is 10.1. The molecule has 2 N–H and O–H groups in total. The Hall–Kier alpha value is -2.31. The molecule has 3 rings (SSSR count). The van der Waals surface area contributed by atoms with E-state index in [0.29, 0.717) is 12.8 Å². The predicted octanol–water partition coefficient (Wildman–Crippen LogP) is 2.93. The lowest BCUT2D eigenvalue weighted by Gasteiger charge is -2.22. The standard InChI is InChI=1S/C21H25N3O2S/c1-24(19-5-3-2-4-6-19)21(26)13-16-7-9-17(10-8-16)23-20(25)14-18-15-27-12-11-22-18/h2-10,18,22H,11-15H2,1H3,(H,23,25). The summed E-state index contributed by atoms with van der Waals surface area (Å²) in [4.78, 5) is 26.3. The Morgan fingerprint density at radius 3 is 2.56 bits per heavy atom. The highest BCUT2D eigenvalue weighted by Crippen LogP contribution is 2.16. The van der Waals surface area contributed by atoms with Gasteiger partial charge in [-0.25, -0.2) is 0 Å². The van der Waals surface area contributed by atoms with E-state index < -0.39 is 0 Å². The molecule has 0 aliphatic carbocycles. The number of para-hydroxylation sites is 1. The van der Waals surface area contributed by atoms with Crippen LogP contribution in [0.4, 0.5) is 11.4 Å². The molecule has 2 aromatic rings. The monoisotopic (exact) mass is 383 g/mol. The normalized spacial score (nSPS) is 16.6.